The van der Waals surface area contributed by atoms with Gasteiger partial charge < -0.3 is 19.8 Å². The lowest BCUT2D eigenvalue weighted by Crippen LogP contribution is -2.48. The molecule has 0 saturated carbocycles. The number of carboxylic acids is 1. The fourth-order valence-electron chi connectivity index (χ4n) is 1.54. The van der Waals surface area contributed by atoms with E-state index < -0.39 is 30.5 Å². The quantitative estimate of drug-likeness (QED) is 0.694. The Bertz CT molecular complexity index is 561. The molecule has 9 nitrogen and oxygen atoms in total. The highest BCUT2D eigenvalue weighted by atomic mass is 16.7. The Labute approximate surface area is 126 Å². The molecule has 1 heterocycles. The Balaban J connectivity index is 3.06. The zero-order valence-corrected chi connectivity index (χ0v) is 12.1. The van der Waals surface area contributed by atoms with Crippen molar-refractivity contribution in [3.8, 4) is 5.75 Å². The van der Waals surface area contributed by atoms with Crippen LogP contribution in [-0.2, 0) is 14.4 Å². The van der Waals surface area contributed by atoms with Crippen LogP contribution in [0.3, 0.4) is 0 Å². The van der Waals surface area contributed by atoms with Gasteiger partial charge in [-0.05, 0) is 12.1 Å². The van der Waals surface area contributed by atoms with Crippen LogP contribution < -0.4 is 4.74 Å². The number of rotatable bonds is 6. The smallest absolute Gasteiger partial charge is 0.385 e. The third-order valence-corrected chi connectivity index (χ3v) is 2.65. The van der Waals surface area contributed by atoms with E-state index in [-0.39, 0.29) is 17.9 Å². The first kappa shape index (κ1) is 17.4. The van der Waals surface area contributed by atoms with E-state index in [0.29, 0.717) is 5.06 Å². The van der Waals surface area contributed by atoms with Crippen molar-refractivity contribution in [3.63, 3.8) is 0 Å². The third kappa shape index (κ3) is 3.92. The van der Waals surface area contributed by atoms with Gasteiger partial charge in [-0.25, -0.2) is 14.6 Å². The van der Waals surface area contributed by atoms with Crippen molar-refractivity contribution >= 4 is 17.8 Å². The van der Waals surface area contributed by atoms with Crippen LogP contribution in [-0.4, -0.2) is 57.9 Å². The van der Waals surface area contributed by atoms with Crippen LogP contribution in [0.25, 0.3) is 0 Å². The van der Waals surface area contributed by atoms with Gasteiger partial charge in [0.15, 0.2) is 17.5 Å². The van der Waals surface area contributed by atoms with Crippen molar-refractivity contribution in [3.05, 3.63) is 24.0 Å². The second kappa shape index (κ2) is 7.93. The molecule has 1 aromatic rings. The Morgan fingerprint density at radius 1 is 1.41 bits per heavy atom. The van der Waals surface area contributed by atoms with Gasteiger partial charge in [-0.1, -0.05) is 6.92 Å². The summed E-state index contributed by atoms with van der Waals surface area (Å²) in [5.74, 6) is -3.25. The van der Waals surface area contributed by atoms with Crippen molar-refractivity contribution in [2.24, 2.45) is 0 Å². The first-order chi connectivity index (χ1) is 10.5. The number of nitrogens with zero attached hydrogens (tertiary/aromatic N) is 2. The van der Waals surface area contributed by atoms with Crippen molar-refractivity contribution in [2.75, 3.05) is 13.7 Å². The number of hydroxylamine groups is 2. The molecule has 1 aromatic heterocycles. The van der Waals surface area contributed by atoms with E-state index in [1.54, 1.807) is 0 Å². The summed E-state index contributed by atoms with van der Waals surface area (Å²) in [6, 6.07) is 1.28. The molecule has 1 amide bonds. The molecule has 0 saturated heterocycles. The summed E-state index contributed by atoms with van der Waals surface area (Å²) < 4.78 is 4.94. The average molecular weight is 312 g/mol. The second-order valence-corrected chi connectivity index (χ2v) is 4.04. The van der Waals surface area contributed by atoms with E-state index in [9.17, 15) is 14.4 Å². The number of hydrogen-bond donors (Lipinski definition) is 2. The predicted octanol–water partition coefficient (Wildman–Crippen LogP) is -0.154. The summed E-state index contributed by atoms with van der Waals surface area (Å²) in [5.41, 5.74) is -0.221. The van der Waals surface area contributed by atoms with Crippen LogP contribution in [0.1, 0.15) is 23.8 Å². The lowest BCUT2D eigenvalue weighted by Gasteiger charge is -2.25. The molecule has 0 radical (unpaired) electrons. The lowest BCUT2D eigenvalue weighted by atomic mass is 10.3. The minimum atomic E-state index is -1.70. The van der Waals surface area contributed by atoms with Gasteiger partial charge in [0.25, 0.3) is 5.91 Å². The van der Waals surface area contributed by atoms with Gasteiger partial charge in [0.2, 0.25) is 0 Å². The minimum Gasteiger partial charge on any atom is -0.494 e. The fraction of sp³-hybridized carbons (Fsp3) is 0.385. The van der Waals surface area contributed by atoms with Crippen LogP contribution in [0, 0.1) is 0 Å². The van der Waals surface area contributed by atoms with E-state index in [4.69, 9.17) is 19.8 Å². The average Bonchev–Trinajstić information content (AvgIpc) is 2.53. The number of aliphatic hydroxyl groups excluding tert-OH is 1. The molecule has 0 unspecified atom stereocenters. The standard InChI is InChI=1S/C13H16N2O7/c1-3-10(17)15(8(7-16)12(18)19)22-13(20)11-9(21-2)5-4-6-14-11/h4-6,8,16H,3,7H2,1-2H3,(H,18,19)/t8-/m0/s1. The zero-order valence-electron chi connectivity index (χ0n) is 12.1. The van der Waals surface area contributed by atoms with Crippen LogP contribution in [0.2, 0.25) is 0 Å². The number of hydrogen-bond acceptors (Lipinski definition) is 7. The van der Waals surface area contributed by atoms with Gasteiger partial charge >= 0.3 is 11.9 Å². The van der Waals surface area contributed by atoms with Gasteiger partial charge in [0.1, 0.15) is 0 Å². The molecule has 9 heteroatoms. The molecule has 1 atom stereocenters. The molecule has 1 rings (SSSR count). The molecule has 0 aliphatic carbocycles. The summed E-state index contributed by atoms with van der Waals surface area (Å²) in [5, 5.41) is 18.4. The number of carbonyl (C=O) groups is 3. The molecular weight excluding hydrogens is 296 g/mol. The van der Waals surface area contributed by atoms with E-state index in [2.05, 4.69) is 4.98 Å². The van der Waals surface area contributed by atoms with Crippen molar-refractivity contribution < 1.29 is 34.2 Å². The fourth-order valence-corrected chi connectivity index (χ4v) is 1.54. The molecule has 0 spiro atoms. The first-order valence-electron chi connectivity index (χ1n) is 6.33. The van der Waals surface area contributed by atoms with Crippen LogP contribution in [0.5, 0.6) is 5.75 Å². The summed E-state index contributed by atoms with van der Waals surface area (Å²) in [7, 11) is 1.32. The molecule has 0 aromatic carbocycles. The van der Waals surface area contributed by atoms with Crippen molar-refractivity contribution in [1.29, 1.82) is 0 Å². The monoisotopic (exact) mass is 312 g/mol. The molecule has 0 aliphatic heterocycles. The van der Waals surface area contributed by atoms with Gasteiger partial charge in [-0.15, -0.1) is 0 Å². The SMILES string of the molecule is CCC(=O)N(OC(=O)c1ncccc1OC)[C@@H](CO)C(=O)O. The topological polar surface area (TPSA) is 126 Å². The lowest BCUT2D eigenvalue weighted by molar-refractivity contribution is -0.190. The number of amides is 1. The number of pyridine rings is 1. The predicted molar refractivity (Wildman–Crippen MR) is 71.9 cm³/mol. The number of aliphatic carboxylic acids is 1. The Kier molecular flexibility index (Phi) is 6.26. The second-order valence-electron chi connectivity index (χ2n) is 4.04. The highest BCUT2D eigenvalue weighted by Crippen LogP contribution is 2.17. The molecule has 0 aliphatic rings. The number of aromatic nitrogens is 1. The Morgan fingerprint density at radius 3 is 2.59 bits per heavy atom. The van der Waals surface area contributed by atoms with Gasteiger partial charge in [0.05, 0.1) is 13.7 Å². The number of carbonyl (C=O) groups excluding carboxylic acids is 2. The van der Waals surface area contributed by atoms with E-state index in [0.717, 1.165) is 0 Å². The molecule has 22 heavy (non-hydrogen) atoms. The number of carboxylic acid groups (broad SMARTS) is 1. The molecule has 2 N–H and O–H groups in total. The summed E-state index contributed by atoms with van der Waals surface area (Å²) in [6.45, 7) is 0.550. The molecule has 0 bridgehead atoms. The maximum atomic E-state index is 12.1. The Morgan fingerprint density at radius 2 is 2.09 bits per heavy atom. The van der Waals surface area contributed by atoms with Crippen molar-refractivity contribution in [1.82, 2.24) is 10.0 Å². The number of aliphatic hydroxyl groups is 1. The van der Waals surface area contributed by atoms with Gasteiger partial charge in [-0.2, -0.15) is 5.06 Å². The normalized spacial score (nSPS) is 11.4. The molecule has 120 valence electrons. The summed E-state index contributed by atoms with van der Waals surface area (Å²) in [6.07, 6.45) is 1.20. The Hall–Kier alpha value is -2.68. The summed E-state index contributed by atoms with van der Waals surface area (Å²) >= 11 is 0. The minimum absolute atomic E-state index is 0.104. The number of ether oxygens (including phenoxy) is 1. The first-order valence-corrected chi connectivity index (χ1v) is 6.33. The summed E-state index contributed by atoms with van der Waals surface area (Å²) in [4.78, 5) is 43.5. The largest absolute Gasteiger partial charge is 0.494 e. The van der Waals surface area contributed by atoms with Crippen LogP contribution in [0.4, 0.5) is 0 Å². The van der Waals surface area contributed by atoms with E-state index in [1.165, 1.54) is 32.4 Å². The zero-order chi connectivity index (χ0) is 16.7. The van der Waals surface area contributed by atoms with Gasteiger partial charge in [0, 0.05) is 12.6 Å². The maximum absolute atomic E-state index is 12.1. The highest BCUT2D eigenvalue weighted by molar-refractivity contribution is 5.92. The van der Waals surface area contributed by atoms with Crippen LogP contribution >= 0.6 is 0 Å². The third-order valence-electron chi connectivity index (χ3n) is 2.65. The van der Waals surface area contributed by atoms with Gasteiger partial charge in [-0.3, -0.25) is 4.79 Å². The highest BCUT2D eigenvalue weighted by Gasteiger charge is 2.33. The van der Waals surface area contributed by atoms with E-state index >= 15 is 0 Å². The number of methoxy groups -OCH3 is 1. The molecule has 0 fully saturated rings. The van der Waals surface area contributed by atoms with E-state index in [1.807, 2.05) is 0 Å². The molecular formula is C13H16N2O7. The van der Waals surface area contributed by atoms with Crippen molar-refractivity contribution in [2.45, 2.75) is 19.4 Å². The van der Waals surface area contributed by atoms with Crippen LogP contribution in [0.15, 0.2) is 18.3 Å². The maximum Gasteiger partial charge on any atom is 0.385 e.